The molecule has 0 saturated carbocycles. The smallest absolute Gasteiger partial charge is 0.338 e. The van der Waals surface area contributed by atoms with Crippen LogP contribution in [0.5, 0.6) is 0 Å². The highest BCUT2D eigenvalue weighted by molar-refractivity contribution is 5.91. The number of ether oxygens (including phenoxy) is 1. The zero-order valence-electron chi connectivity index (χ0n) is 12.6. The SMILES string of the molecule is O=C(OCc1ccccc1)c1cccc(NC2CCNC2=O)c1. The fraction of sp³-hybridized carbons (Fsp3) is 0.222. The number of amides is 1. The third kappa shape index (κ3) is 3.88. The van der Waals surface area contributed by atoms with E-state index in [9.17, 15) is 9.59 Å². The standard InChI is InChI=1S/C18H18N2O3/c21-17-16(9-10-19-17)20-15-8-4-7-14(11-15)18(22)23-12-13-5-2-1-3-6-13/h1-8,11,16,20H,9-10,12H2,(H,19,21). The lowest BCUT2D eigenvalue weighted by Gasteiger charge is -2.12. The molecule has 2 aromatic rings. The van der Waals surface area contributed by atoms with Crippen LogP contribution >= 0.6 is 0 Å². The number of rotatable bonds is 5. The van der Waals surface area contributed by atoms with Crippen molar-refractivity contribution in [2.75, 3.05) is 11.9 Å². The van der Waals surface area contributed by atoms with Gasteiger partial charge in [-0.3, -0.25) is 4.79 Å². The molecule has 1 aliphatic rings. The molecule has 1 fully saturated rings. The molecule has 1 aliphatic heterocycles. The third-order valence-corrected chi connectivity index (χ3v) is 3.70. The Balaban J connectivity index is 1.62. The molecule has 0 aromatic heterocycles. The van der Waals surface area contributed by atoms with Gasteiger partial charge in [0.25, 0.3) is 0 Å². The van der Waals surface area contributed by atoms with E-state index in [1.807, 2.05) is 36.4 Å². The van der Waals surface area contributed by atoms with Gasteiger partial charge in [-0.25, -0.2) is 4.79 Å². The van der Waals surface area contributed by atoms with Gasteiger partial charge in [-0.15, -0.1) is 0 Å². The second-order valence-corrected chi connectivity index (χ2v) is 5.42. The fourth-order valence-electron chi connectivity index (χ4n) is 2.48. The summed E-state index contributed by atoms with van der Waals surface area (Å²) in [4.78, 5) is 23.7. The molecular weight excluding hydrogens is 292 g/mol. The zero-order valence-corrected chi connectivity index (χ0v) is 12.6. The average molecular weight is 310 g/mol. The van der Waals surface area contributed by atoms with Crippen LogP contribution in [0.1, 0.15) is 22.3 Å². The largest absolute Gasteiger partial charge is 0.457 e. The summed E-state index contributed by atoms with van der Waals surface area (Å²) in [6.07, 6.45) is 0.738. The Morgan fingerprint density at radius 3 is 2.74 bits per heavy atom. The van der Waals surface area contributed by atoms with Gasteiger partial charge in [-0.05, 0) is 30.2 Å². The number of hydrogen-bond donors (Lipinski definition) is 2. The van der Waals surface area contributed by atoms with Gasteiger partial charge in [0.2, 0.25) is 5.91 Å². The Morgan fingerprint density at radius 2 is 2.00 bits per heavy atom. The lowest BCUT2D eigenvalue weighted by Crippen LogP contribution is -2.29. The summed E-state index contributed by atoms with van der Waals surface area (Å²) < 4.78 is 5.31. The van der Waals surface area contributed by atoms with Crippen molar-refractivity contribution in [1.82, 2.24) is 5.32 Å². The first-order valence-electron chi connectivity index (χ1n) is 7.58. The highest BCUT2D eigenvalue weighted by atomic mass is 16.5. The van der Waals surface area contributed by atoms with Gasteiger partial charge in [-0.2, -0.15) is 0 Å². The average Bonchev–Trinajstić information content (AvgIpc) is 2.99. The van der Waals surface area contributed by atoms with Crippen LogP contribution in [0, 0.1) is 0 Å². The number of nitrogens with one attached hydrogen (secondary N) is 2. The second-order valence-electron chi connectivity index (χ2n) is 5.42. The molecule has 1 amide bonds. The number of anilines is 1. The Hall–Kier alpha value is -2.82. The maximum atomic E-state index is 12.1. The van der Waals surface area contributed by atoms with Crippen molar-refractivity contribution in [2.24, 2.45) is 0 Å². The molecule has 3 rings (SSSR count). The van der Waals surface area contributed by atoms with Crippen LogP contribution in [0.25, 0.3) is 0 Å². The van der Waals surface area contributed by atoms with E-state index in [0.717, 1.165) is 17.7 Å². The lowest BCUT2D eigenvalue weighted by molar-refractivity contribution is -0.119. The first-order chi connectivity index (χ1) is 11.2. The lowest BCUT2D eigenvalue weighted by atomic mass is 10.1. The number of benzene rings is 2. The zero-order chi connectivity index (χ0) is 16.1. The molecule has 23 heavy (non-hydrogen) atoms. The minimum Gasteiger partial charge on any atom is -0.457 e. The predicted octanol–water partition coefficient (Wildman–Crippen LogP) is 2.34. The maximum absolute atomic E-state index is 12.1. The minimum atomic E-state index is -0.381. The van der Waals surface area contributed by atoms with Gasteiger partial charge in [0.05, 0.1) is 5.56 Å². The van der Waals surface area contributed by atoms with Crippen LogP contribution in [-0.2, 0) is 16.1 Å². The molecule has 1 atom stereocenters. The van der Waals surface area contributed by atoms with E-state index >= 15 is 0 Å². The minimum absolute atomic E-state index is 0.0120. The summed E-state index contributed by atoms with van der Waals surface area (Å²) in [6.45, 7) is 0.914. The van der Waals surface area contributed by atoms with Crippen LogP contribution in [-0.4, -0.2) is 24.5 Å². The molecule has 118 valence electrons. The molecule has 2 aromatic carbocycles. The Morgan fingerprint density at radius 1 is 1.17 bits per heavy atom. The molecular formula is C18H18N2O3. The molecule has 5 heteroatoms. The summed E-state index contributed by atoms with van der Waals surface area (Å²) in [5.74, 6) is -0.393. The van der Waals surface area contributed by atoms with E-state index in [1.165, 1.54) is 0 Å². The molecule has 1 unspecified atom stereocenters. The molecule has 0 aliphatic carbocycles. The Labute approximate surface area is 134 Å². The van der Waals surface area contributed by atoms with Gasteiger partial charge in [-0.1, -0.05) is 36.4 Å². The van der Waals surface area contributed by atoms with E-state index in [2.05, 4.69) is 10.6 Å². The summed E-state index contributed by atoms with van der Waals surface area (Å²) in [5, 5.41) is 5.91. The molecule has 2 N–H and O–H groups in total. The third-order valence-electron chi connectivity index (χ3n) is 3.70. The second kappa shape index (κ2) is 6.96. The summed E-state index contributed by atoms with van der Waals surface area (Å²) in [6, 6.07) is 16.3. The van der Waals surface area contributed by atoms with Crippen LogP contribution in [0.15, 0.2) is 54.6 Å². The van der Waals surface area contributed by atoms with Crippen molar-refractivity contribution >= 4 is 17.6 Å². The molecule has 1 saturated heterocycles. The van der Waals surface area contributed by atoms with E-state index in [-0.39, 0.29) is 24.5 Å². The molecule has 0 spiro atoms. The van der Waals surface area contributed by atoms with E-state index in [1.54, 1.807) is 18.2 Å². The molecule has 0 radical (unpaired) electrons. The van der Waals surface area contributed by atoms with Crippen LogP contribution in [0.3, 0.4) is 0 Å². The number of esters is 1. The van der Waals surface area contributed by atoms with Gasteiger partial charge in [0.1, 0.15) is 12.6 Å². The van der Waals surface area contributed by atoms with Crippen molar-refractivity contribution in [3.05, 3.63) is 65.7 Å². The van der Waals surface area contributed by atoms with Gasteiger partial charge >= 0.3 is 5.97 Å². The summed E-state index contributed by atoms with van der Waals surface area (Å²) in [5.41, 5.74) is 2.14. The number of hydrogen-bond acceptors (Lipinski definition) is 4. The normalized spacial score (nSPS) is 16.7. The molecule has 5 nitrogen and oxygen atoms in total. The maximum Gasteiger partial charge on any atom is 0.338 e. The monoisotopic (exact) mass is 310 g/mol. The van der Waals surface area contributed by atoms with E-state index in [0.29, 0.717) is 12.1 Å². The number of carbonyl (C=O) groups excluding carboxylic acids is 2. The van der Waals surface area contributed by atoms with Gasteiger partial charge in [0, 0.05) is 12.2 Å². The topological polar surface area (TPSA) is 67.4 Å². The van der Waals surface area contributed by atoms with Crippen LogP contribution < -0.4 is 10.6 Å². The van der Waals surface area contributed by atoms with Crippen LogP contribution in [0.2, 0.25) is 0 Å². The van der Waals surface area contributed by atoms with E-state index < -0.39 is 0 Å². The first-order valence-corrected chi connectivity index (χ1v) is 7.58. The van der Waals surface area contributed by atoms with Gasteiger partial charge < -0.3 is 15.4 Å². The number of carbonyl (C=O) groups is 2. The van der Waals surface area contributed by atoms with Crippen LogP contribution in [0.4, 0.5) is 5.69 Å². The summed E-state index contributed by atoms with van der Waals surface area (Å²) in [7, 11) is 0. The van der Waals surface area contributed by atoms with E-state index in [4.69, 9.17) is 4.74 Å². The summed E-state index contributed by atoms with van der Waals surface area (Å²) >= 11 is 0. The molecule has 1 heterocycles. The Kier molecular flexibility index (Phi) is 4.57. The van der Waals surface area contributed by atoms with Gasteiger partial charge in [0.15, 0.2) is 0 Å². The first kappa shape index (κ1) is 15.1. The van der Waals surface area contributed by atoms with Crippen molar-refractivity contribution in [2.45, 2.75) is 19.1 Å². The van der Waals surface area contributed by atoms with Crippen molar-refractivity contribution in [1.29, 1.82) is 0 Å². The highest BCUT2D eigenvalue weighted by Gasteiger charge is 2.23. The Bertz CT molecular complexity index is 700. The van der Waals surface area contributed by atoms with Crippen molar-refractivity contribution in [3.63, 3.8) is 0 Å². The molecule has 0 bridgehead atoms. The van der Waals surface area contributed by atoms with Crippen molar-refractivity contribution in [3.8, 4) is 0 Å². The highest BCUT2D eigenvalue weighted by Crippen LogP contribution is 2.16. The fourth-order valence-corrected chi connectivity index (χ4v) is 2.48. The predicted molar refractivity (Wildman–Crippen MR) is 87.0 cm³/mol. The quantitative estimate of drug-likeness (QED) is 0.832. The van der Waals surface area contributed by atoms with Crippen molar-refractivity contribution < 1.29 is 14.3 Å².